The van der Waals surface area contributed by atoms with Crippen molar-refractivity contribution in [3.05, 3.63) is 35.3 Å². The molecule has 242 valence electrons. The zero-order valence-electron chi connectivity index (χ0n) is 22.7. The second-order valence-corrected chi connectivity index (χ2v) is 13.2. The Kier molecular flexibility index (Phi) is 7.32. The number of hydrogen-bond donors (Lipinski definition) is 7. The average Bonchev–Trinajstić information content (AvgIpc) is 3.72. The van der Waals surface area contributed by atoms with Gasteiger partial charge in [-0.3, -0.25) is 37.0 Å². The minimum atomic E-state index is -5.03. The van der Waals surface area contributed by atoms with Crippen LogP contribution >= 0.6 is 15.6 Å². The fourth-order valence-electron chi connectivity index (χ4n) is 5.43. The minimum Gasteiger partial charge on any atom is -0.397 e. The molecule has 3 aliphatic rings. The van der Waals surface area contributed by atoms with Crippen LogP contribution in [0.15, 0.2) is 29.7 Å². The molecular weight excluding hydrogens is 646 g/mol. The van der Waals surface area contributed by atoms with Crippen molar-refractivity contribution >= 4 is 49.6 Å². The summed E-state index contributed by atoms with van der Waals surface area (Å²) in [5.74, 6) is -0.250. The Bertz CT molecular complexity index is 1940. The number of aromatic amines is 1. The molecule has 7 heterocycles. The molecule has 10 N–H and O–H groups in total. The molecule has 7 rings (SSSR count). The fourth-order valence-corrected chi connectivity index (χ4v) is 7.34. The van der Waals surface area contributed by atoms with E-state index in [2.05, 4.69) is 24.9 Å². The number of nitrogens with zero attached hydrogens (tertiary/aromatic N) is 6. The van der Waals surface area contributed by atoms with Gasteiger partial charge in [-0.15, -0.1) is 0 Å². The van der Waals surface area contributed by atoms with E-state index < -0.39 is 83.4 Å². The number of phosphoric ester groups is 2. The van der Waals surface area contributed by atoms with Crippen LogP contribution in [0.3, 0.4) is 0 Å². The summed E-state index contributed by atoms with van der Waals surface area (Å²) < 4.78 is 61.8. The number of phosphoric acid groups is 2. The van der Waals surface area contributed by atoms with Gasteiger partial charge in [-0.25, -0.2) is 24.1 Å². The molecule has 3 saturated heterocycles. The number of pyridine rings is 1. The van der Waals surface area contributed by atoms with Gasteiger partial charge in [0.15, 0.2) is 29.3 Å². The lowest BCUT2D eigenvalue weighted by molar-refractivity contribution is -0.0670. The van der Waals surface area contributed by atoms with Crippen molar-refractivity contribution in [1.82, 2.24) is 34.1 Å². The Labute approximate surface area is 250 Å². The molecular formula is C21H26N10O12P2. The van der Waals surface area contributed by atoms with Gasteiger partial charge in [0.2, 0.25) is 5.95 Å². The molecule has 4 aromatic heterocycles. The summed E-state index contributed by atoms with van der Waals surface area (Å²) in [5.41, 5.74) is 17.9. The van der Waals surface area contributed by atoms with Gasteiger partial charge in [0.05, 0.1) is 37.6 Å². The Morgan fingerprint density at radius 3 is 2.24 bits per heavy atom. The molecule has 10 atom stereocenters. The number of nitrogen functional groups attached to an aromatic ring is 2. The van der Waals surface area contributed by atoms with Crippen LogP contribution in [0.25, 0.3) is 22.3 Å². The molecule has 0 radical (unpaired) electrons. The van der Waals surface area contributed by atoms with Gasteiger partial charge in [-0.1, -0.05) is 0 Å². The third-order valence-corrected chi connectivity index (χ3v) is 9.49. The number of H-pyrrole nitrogens is 1. The van der Waals surface area contributed by atoms with E-state index in [9.17, 15) is 28.8 Å². The highest BCUT2D eigenvalue weighted by molar-refractivity contribution is 7.47. The Morgan fingerprint density at radius 2 is 1.51 bits per heavy atom. The lowest BCUT2D eigenvalue weighted by Crippen LogP contribution is -2.42. The number of nitrogens with two attached hydrogens (primary N) is 3. The molecule has 0 amide bonds. The SMILES string of the molecule is Nc1nc2c(ncn2[C@@H]2O[C@@H]3COP(=O)(O)O[C@H]4[C@@H](O)[C@H](n5cnc6c(N)ccnc65)O[C@@H]4COP(=O)(O)O[C@@H]2[C@@H]3N)c(=O)[nH]1. The number of aromatic nitrogens is 7. The topological polar surface area (TPSA) is 323 Å². The normalized spacial score (nSPS) is 37.7. The second-order valence-electron chi connectivity index (χ2n) is 10.4. The summed E-state index contributed by atoms with van der Waals surface area (Å²) in [6, 6.07) is 0.252. The van der Waals surface area contributed by atoms with E-state index >= 15 is 0 Å². The molecule has 3 aliphatic heterocycles. The van der Waals surface area contributed by atoms with Crippen molar-refractivity contribution in [2.24, 2.45) is 5.73 Å². The number of aliphatic hydroxyl groups excluding tert-OH is 1. The highest BCUT2D eigenvalue weighted by Gasteiger charge is 2.53. The predicted octanol–water partition coefficient (Wildman–Crippen LogP) is -1.77. The predicted molar refractivity (Wildman–Crippen MR) is 148 cm³/mol. The molecule has 0 aromatic carbocycles. The van der Waals surface area contributed by atoms with Crippen molar-refractivity contribution in [2.75, 3.05) is 24.7 Å². The minimum absolute atomic E-state index is 0.0694. The molecule has 22 nitrogen and oxygen atoms in total. The summed E-state index contributed by atoms with van der Waals surface area (Å²) in [7, 11) is -10.0. The van der Waals surface area contributed by atoms with E-state index in [-0.39, 0.29) is 22.8 Å². The summed E-state index contributed by atoms with van der Waals surface area (Å²) >= 11 is 0. The standard InChI is InChI=1S/C21H26N10O12P2/c22-7-1-2-25-16-11(7)26-5-30(16)19-13(32)14-9(41-19)4-39-45(36,37)43-15-10(23)8(3-38-44(34,35)42-14)40-20(15)31-6-27-12-17(31)28-21(24)29-18(12)33/h1-2,5-6,8-10,13-15,19-20,32H,3-4,23H2,(H2,22,25)(H,34,35)(H,36,37)(H3,24,28,29,33)/t8-,9-,10-,13-,14-,15-,19-,20-/m1/s1. The summed E-state index contributed by atoms with van der Waals surface area (Å²) in [5, 5.41) is 11.2. The Balaban J connectivity index is 1.21. The smallest absolute Gasteiger partial charge is 0.397 e. The molecule has 3 fully saturated rings. The third-order valence-electron chi connectivity index (χ3n) is 7.52. The van der Waals surface area contributed by atoms with Crippen LogP contribution in [-0.2, 0) is 36.7 Å². The van der Waals surface area contributed by atoms with Gasteiger partial charge >= 0.3 is 15.6 Å². The first-order valence-electron chi connectivity index (χ1n) is 13.2. The van der Waals surface area contributed by atoms with E-state index in [0.29, 0.717) is 11.2 Å². The number of ether oxygens (including phenoxy) is 2. The van der Waals surface area contributed by atoms with E-state index in [1.54, 1.807) is 0 Å². The van der Waals surface area contributed by atoms with Crippen LogP contribution < -0.4 is 22.8 Å². The number of fused-ring (bicyclic) bond motifs is 5. The third kappa shape index (κ3) is 5.33. The molecule has 24 heteroatoms. The van der Waals surface area contributed by atoms with Crippen LogP contribution in [0.5, 0.6) is 0 Å². The van der Waals surface area contributed by atoms with E-state index in [1.165, 1.54) is 27.7 Å². The number of hydrogen-bond acceptors (Lipinski definition) is 17. The zero-order valence-corrected chi connectivity index (χ0v) is 24.5. The van der Waals surface area contributed by atoms with Crippen molar-refractivity contribution in [2.45, 2.75) is 49.0 Å². The first-order chi connectivity index (χ1) is 21.3. The Hall–Kier alpha value is -3.37. The molecule has 2 unspecified atom stereocenters. The molecule has 2 bridgehead atoms. The van der Waals surface area contributed by atoms with Crippen LogP contribution in [0.2, 0.25) is 0 Å². The second kappa shape index (κ2) is 10.9. The van der Waals surface area contributed by atoms with E-state index in [0.717, 1.165) is 6.33 Å². The van der Waals surface area contributed by atoms with Crippen LogP contribution in [0.1, 0.15) is 12.5 Å². The van der Waals surface area contributed by atoms with Crippen LogP contribution in [0.4, 0.5) is 11.6 Å². The fraction of sp³-hybridized carbons (Fsp3) is 0.476. The molecule has 45 heavy (non-hydrogen) atoms. The van der Waals surface area contributed by atoms with Crippen molar-refractivity contribution < 1.29 is 51.6 Å². The zero-order chi connectivity index (χ0) is 31.8. The molecule has 0 saturated carbocycles. The van der Waals surface area contributed by atoms with Crippen LogP contribution in [-0.4, -0.2) is 98.7 Å². The summed E-state index contributed by atoms with van der Waals surface area (Å²) in [6.07, 6.45) is -6.29. The van der Waals surface area contributed by atoms with Crippen molar-refractivity contribution in [1.29, 1.82) is 0 Å². The molecule has 4 aromatic rings. The maximum atomic E-state index is 13.2. The van der Waals surface area contributed by atoms with Crippen molar-refractivity contribution in [3.63, 3.8) is 0 Å². The van der Waals surface area contributed by atoms with E-state index in [1.807, 2.05) is 0 Å². The van der Waals surface area contributed by atoms with Gasteiger partial charge < -0.3 is 41.6 Å². The lowest BCUT2D eigenvalue weighted by Gasteiger charge is -2.26. The number of rotatable bonds is 2. The lowest BCUT2D eigenvalue weighted by atomic mass is 10.1. The first-order valence-corrected chi connectivity index (χ1v) is 16.2. The first kappa shape index (κ1) is 30.3. The van der Waals surface area contributed by atoms with Gasteiger partial charge in [-0.2, -0.15) is 4.98 Å². The number of imidazole rings is 2. The molecule has 0 aliphatic carbocycles. The Morgan fingerprint density at radius 1 is 0.889 bits per heavy atom. The summed E-state index contributed by atoms with van der Waals surface area (Å²) in [4.78, 5) is 52.4. The van der Waals surface area contributed by atoms with Gasteiger partial charge in [0, 0.05) is 6.20 Å². The van der Waals surface area contributed by atoms with Gasteiger partial charge in [0.1, 0.15) is 36.0 Å². The van der Waals surface area contributed by atoms with Crippen molar-refractivity contribution in [3.8, 4) is 0 Å². The molecule has 0 spiro atoms. The largest absolute Gasteiger partial charge is 0.472 e. The maximum absolute atomic E-state index is 13.2. The quantitative estimate of drug-likeness (QED) is 0.116. The number of anilines is 2. The number of aliphatic hydroxyl groups is 1. The maximum Gasteiger partial charge on any atom is 0.472 e. The monoisotopic (exact) mass is 672 g/mol. The number of nitrogens with one attached hydrogen (secondary N) is 1. The summed E-state index contributed by atoms with van der Waals surface area (Å²) in [6.45, 7) is -1.47. The van der Waals surface area contributed by atoms with Gasteiger partial charge in [-0.05, 0) is 6.07 Å². The van der Waals surface area contributed by atoms with Crippen LogP contribution in [0, 0.1) is 0 Å². The van der Waals surface area contributed by atoms with E-state index in [4.69, 9.17) is 44.8 Å². The highest BCUT2D eigenvalue weighted by atomic mass is 31.2. The van der Waals surface area contributed by atoms with Gasteiger partial charge in [0.25, 0.3) is 5.56 Å². The average molecular weight is 672 g/mol. The highest BCUT2D eigenvalue weighted by Crippen LogP contribution is 2.53.